The molecule has 20 heavy (non-hydrogen) atoms. The number of benzene rings is 1. The standard InChI is InChI=1S/C17H23NO2/c1-3-10-18-11-9-17(19)15(13-18)12-14-5-7-16(8-6-14)20-4-2/h5-8,12H,3-4,9-11,13H2,1-2H3/b15-12+. The minimum atomic E-state index is 0.284. The quantitative estimate of drug-likeness (QED) is 0.772. The number of carbonyl (C=O) groups excluding carboxylic acids is 1. The molecular weight excluding hydrogens is 250 g/mol. The third kappa shape index (κ3) is 3.94. The van der Waals surface area contributed by atoms with E-state index in [0.717, 1.165) is 42.9 Å². The van der Waals surface area contributed by atoms with Gasteiger partial charge in [0.25, 0.3) is 0 Å². The van der Waals surface area contributed by atoms with Crippen LogP contribution < -0.4 is 4.74 Å². The van der Waals surface area contributed by atoms with Crippen molar-refractivity contribution in [2.45, 2.75) is 26.7 Å². The van der Waals surface area contributed by atoms with Gasteiger partial charge < -0.3 is 4.74 Å². The Morgan fingerprint density at radius 1 is 1.25 bits per heavy atom. The number of Topliss-reactive ketones (excluding diaryl/α,β-unsaturated/α-hetero) is 1. The van der Waals surface area contributed by atoms with Crippen LogP contribution in [0.1, 0.15) is 32.3 Å². The summed E-state index contributed by atoms with van der Waals surface area (Å²) in [7, 11) is 0. The maximum absolute atomic E-state index is 12.0. The molecule has 1 heterocycles. The first-order chi connectivity index (χ1) is 9.72. The zero-order chi connectivity index (χ0) is 14.4. The number of nitrogens with zero attached hydrogens (tertiary/aromatic N) is 1. The summed E-state index contributed by atoms with van der Waals surface area (Å²) in [6, 6.07) is 7.91. The van der Waals surface area contributed by atoms with E-state index in [9.17, 15) is 4.79 Å². The first-order valence-electron chi connectivity index (χ1n) is 7.42. The van der Waals surface area contributed by atoms with Gasteiger partial charge in [-0.05, 0) is 43.7 Å². The van der Waals surface area contributed by atoms with Crippen molar-refractivity contribution in [3.05, 3.63) is 35.4 Å². The molecule has 0 aromatic heterocycles. The lowest BCUT2D eigenvalue weighted by Crippen LogP contribution is -2.36. The number of ether oxygens (including phenoxy) is 1. The van der Waals surface area contributed by atoms with Gasteiger partial charge in [-0.1, -0.05) is 19.1 Å². The van der Waals surface area contributed by atoms with Gasteiger partial charge in [0.15, 0.2) is 5.78 Å². The van der Waals surface area contributed by atoms with Crippen LogP contribution in [0.2, 0.25) is 0 Å². The number of piperidine rings is 1. The molecule has 108 valence electrons. The van der Waals surface area contributed by atoms with Crippen LogP contribution in [0.4, 0.5) is 0 Å². The molecule has 1 fully saturated rings. The van der Waals surface area contributed by atoms with Gasteiger partial charge in [-0.3, -0.25) is 9.69 Å². The average Bonchev–Trinajstić information content (AvgIpc) is 2.45. The summed E-state index contributed by atoms with van der Waals surface area (Å²) < 4.78 is 5.43. The smallest absolute Gasteiger partial charge is 0.161 e. The Morgan fingerprint density at radius 3 is 2.65 bits per heavy atom. The summed E-state index contributed by atoms with van der Waals surface area (Å²) in [4.78, 5) is 14.3. The molecule has 0 aliphatic carbocycles. The highest BCUT2D eigenvalue weighted by Gasteiger charge is 2.20. The van der Waals surface area contributed by atoms with Crippen LogP contribution in [0.25, 0.3) is 6.08 Å². The fraction of sp³-hybridized carbons (Fsp3) is 0.471. The Labute approximate surface area is 121 Å². The second kappa shape index (κ2) is 7.25. The van der Waals surface area contributed by atoms with Gasteiger partial charge in [0.1, 0.15) is 5.75 Å². The van der Waals surface area contributed by atoms with Crippen molar-refractivity contribution in [3.8, 4) is 5.75 Å². The number of hydrogen-bond acceptors (Lipinski definition) is 3. The Bertz CT molecular complexity index is 476. The van der Waals surface area contributed by atoms with E-state index in [1.54, 1.807) is 0 Å². The summed E-state index contributed by atoms with van der Waals surface area (Å²) in [6.07, 6.45) is 3.78. The number of ketones is 1. The zero-order valence-electron chi connectivity index (χ0n) is 12.4. The van der Waals surface area contributed by atoms with E-state index in [2.05, 4.69) is 11.8 Å². The Kier molecular flexibility index (Phi) is 5.36. The predicted octanol–water partition coefficient (Wildman–Crippen LogP) is 3.15. The van der Waals surface area contributed by atoms with Crippen molar-refractivity contribution in [1.29, 1.82) is 0 Å². The van der Waals surface area contributed by atoms with Gasteiger partial charge in [0.2, 0.25) is 0 Å². The largest absolute Gasteiger partial charge is 0.494 e. The normalized spacial score (nSPS) is 18.5. The molecule has 1 aromatic carbocycles. The van der Waals surface area contributed by atoms with Crippen LogP contribution in [-0.4, -0.2) is 36.9 Å². The molecule has 0 atom stereocenters. The summed E-state index contributed by atoms with van der Waals surface area (Å²) in [6.45, 7) is 7.55. The highest BCUT2D eigenvalue weighted by atomic mass is 16.5. The number of rotatable bonds is 5. The maximum atomic E-state index is 12.0. The Hall–Kier alpha value is -1.61. The second-order valence-corrected chi connectivity index (χ2v) is 5.12. The summed E-state index contributed by atoms with van der Waals surface area (Å²) in [5.41, 5.74) is 1.99. The molecule has 0 radical (unpaired) electrons. The fourth-order valence-electron chi connectivity index (χ4n) is 2.49. The van der Waals surface area contributed by atoms with Crippen molar-refractivity contribution in [3.63, 3.8) is 0 Å². The van der Waals surface area contributed by atoms with Crippen molar-refractivity contribution in [2.24, 2.45) is 0 Å². The SMILES string of the molecule is CCCN1CCC(=O)/C(=C/c2ccc(OCC)cc2)C1. The molecule has 2 rings (SSSR count). The number of likely N-dealkylation sites (tertiary alicyclic amines) is 1. The molecule has 1 aliphatic rings. The van der Waals surface area contributed by atoms with Crippen molar-refractivity contribution in [2.75, 3.05) is 26.2 Å². The first-order valence-corrected chi connectivity index (χ1v) is 7.42. The number of carbonyl (C=O) groups is 1. The lowest BCUT2D eigenvalue weighted by molar-refractivity contribution is -0.117. The molecule has 0 N–H and O–H groups in total. The van der Waals surface area contributed by atoms with Crippen LogP contribution in [-0.2, 0) is 4.79 Å². The summed E-state index contributed by atoms with van der Waals surface area (Å²) in [5, 5.41) is 0. The predicted molar refractivity (Wildman–Crippen MR) is 81.9 cm³/mol. The van der Waals surface area contributed by atoms with Gasteiger partial charge in [0.05, 0.1) is 6.61 Å². The van der Waals surface area contributed by atoms with Crippen LogP contribution in [0, 0.1) is 0 Å². The third-order valence-electron chi connectivity index (χ3n) is 3.48. The minimum Gasteiger partial charge on any atom is -0.494 e. The molecule has 1 aromatic rings. The van der Waals surface area contributed by atoms with Gasteiger partial charge in [-0.25, -0.2) is 0 Å². The van der Waals surface area contributed by atoms with E-state index >= 15 is 0 Å². The van der Waals surface area contributed by atoms with Crippen LogP contribution in [0.3, 0.4) is 0 Å². The fourth-order valence-corrected chi connectivity index (χ4v) is 2.49. The first kappa shape index (κ1) is 14.8. The molecule has 3 heteroatoms. The average molecular weight is 273 g/mol. The summed E-state index contributed by atoms with van der Waals surface area (Å²) in [5.74, 6) is 1.16. The van der Waals surface area contributed by atoms with Crippen LogP contribution >= 0.6 is 0 Å². The van der Waals surface area contributed by atoms with Gasteiger partial charge in [-0.15, -0.1) is 0 Å². The van der Waals surface area contributed by atoms with Crippen LogP contribution in [0.15, 0.2) is 29.8 Å². The lowest BCUT2D eigenvalue weighted by atomic mass is 10.00. The maximum Gasteiger partial charge on any atom is 0.161 e. The molecule has 0 saturated carbocycles. The molecule has 0 spiro atoms. The Morgan fingerprint density at radius 2 is 2.00 bits per heavy atom. The van der Waals surface area contributed by atoms with Crippen LogP contribution in [0.5, 0.6) is 5.75 Å². The summed E-state index contributed by atoms with van der Waals surface area (Å²) >= 11 is 0. The van der Waals surface area contributed by atoms with E-state index in [1.807, 2.05) is 37.3 Å². The molecule has 0 bridgehead atoms. The van der Waals surface area contributed by atoms with Gasteiger partial charge in [-0.2, -0.15) is 0 Å². The molecule has 3 nitrogen and oxygen atoms in total. The van der Waals surface area contributed by atoms with E-state index < -0.39 is 0 Å². The number of hydrogen-bond donors (Lipinski definition) is 0. The molecular formula is C17H23NO2. The highest BCUT2D eigenvalue weighted by molar-refractivity contribution is 6.00. The zero-order valence-corrected chi connectivity index (χ0v) is 12.4. The van der Waals surface area contributed by atoms with E-state index in [4.69, 9.17) is 4.74 Å². The van der Waals surface area contributed by atoms with Crippen molar-refractivity contribution < 1.29 is 9.53 Å². The molecule has 0 unspecified atom stereocenters. The van der Waals surface area contributed by atoms with E-state index in [0.29, 0.717) is 13.0 Å². The van der Waals surface area contributed by atoms with Gasteiger partial charge >= 0.3 is 0 Å². The van der Waals surface area contributed by atoms with Crippen molar-refractivity contribution >= 4 is 11.9 Å². The van der Waals surface area contributed by atoms with E-state index in [1.165, 1.54) is 0 Å². The molecule has 1 saturated heterocycles. The topological polar surface area (TPSA) is 29.5 Å². The van der Waals surface area contributed by atoms with Gasteiger partial charge in [0, 0.05) is 25.1 Å². The second-order valence-electron chi connectivity index (χ2n) is 5.12. The van der Waals surface area contributed by atoms with E-state index in [-0.39, 0.29) is 5.78 Å². The monoisotopic (exact) mass is 273 g/mol. The third-order valence-corrected chi connectivity index (χ3v) is 3.48. The minimum absolute atomic E-state index is 0.284. The Balaban J connectivity index is 2.09. The highest BCUT2D eigenvalue weighted by Crippen LogP contribution is 2.18. The molecule has 1 aliphatic heterocycles. The molecule has 0 amide bonds. The lowest BCUT2D eigenvalue weighted by Gasteiger charge is -2.27. The van der Waals surface area contributed by atoms with Crippen molar-refractivity contribution in [1.82, 2.24) is 4.90 Å².